The summed E-state index contributed by atoms with van der Waals surface area (Å²) >= 11 is 0. The summed E-state index contributed by atoms with van der Waals surface area (Å²) < 4.78 is 0. The normalized spacial score (nSPS) is 15.3. The number of aromatic nitrogens is 7. The lowest BCUT2D eigenvalue weighted by molar-refractivity contribution is 0.228. The molecule has 1 saturated heterocycles. The molecule has 4 aromatic rings. The number of H-pyrrole nitrogens is 1. The maximum absolute atomic E-state index is 4.66. The smallest absolute Gasteiger partial charge is 0.224 e. The van der Waals surface area contributed by atoms with Crippen LogP contribution in [0.3, 0.4) is 0 Å². The quantitative estimate of drug-likeness (QED) is 0.487. The van der Waals surface area contributed by atoms with E-state index < -0.39 is 0 Å². The fourth-order valence-corrected chi connectivity index (χ4v) is 3.99. The fraction of sp³-hybridized carbons (Fsp3) is 0.450. The maximum Gasteiger partial charge on any atom is 0.224 e. The number of benzene rings is 1. The van der Waals surface area contributed by atoms with E-state index in [1.165, 1.54) is 37.1 Å². The summed E-state index contributed by atoms with van der Waals surface area (Å²) in [6.45, 7) is 4.50. The van der Waals surface area contributed by atoms with Crippen LogP contribution in [0.25, 0.3) is 33.3 Å². The van der Waals surface area contributed by atoms with Gasteiger partial charge in [0.1, 0.15) is 5.65 Å². The molecule has 1 aromatic carbocycles. The molecule has 4 heterocycles. The van der Waals surface area contributed by atoms with E-state index in [0.717, 1.165) is 47.0 Å². The molecule has 0 bridgehead atoms. The summed E-state index contributed by atoms with van der Waals surface area (Å²) in [5.41, 5.74) is 2.74. The van der Waals surface area contributed by atoms with Crippen LogP contribution in [0.15, 0.2) is 24.4 Å². The molecule has 0 spiro atoms. The Kier molecular flexibility index (Phi) is 4.81. The third-order valence-corrected chi connectivity index (χ3v) is 5.50. The van der Waals surface area contributed by atoms with Gasteiger partial charge < -0.3 is 15.2 Å². The zero-order valence-electron chi connectivity index (χ0n) is 16.6. The molecule has 5 rings (SSSR count). The number of anilines is 1. The van der Waals surface area contributed by atoms with E-state index >= 15 is 0 Å². The highest BCUT2D eigenvalue weighted by molar-refractivity contribution is 6.06. The van der Waals surface area contributed by atoms with Crippen LogP contribution in [0.1, 0.15) is 25.7 Å². The lowest BCUT2D eigenvalue weighted by atomic mass is 10.1. The predicted octanol–water partition coefficient (Wildman–Crippen LogP) is 2.59. The highest BCUT2D eigenvalue weighted by atomic mass is 15.6. The second-order valence-electron chi connectivity index (χ2n) is 7.63. The number of hydrogen-bond donors (Lipinski definition) is 2. The summed E-state index contributed by atoms with van der Waals surface area (Å²) in [7, 11) is 1.76. The molecule has 0 aliphatic carbocycles. The Morgan fingerprint density at radius 2 is 2.03 bits per heavy atom. The first kappa shape index (κ1) is 18.0. The third-order valence-electron chi connectivity index (χ3n) is 5.50. The predicted molar refractivity (Wildman–Crippen MR) is 113 cm³/mol. The second-order valence-corrected chi connectivity index (χ2v) is 7.63. The Morgan fingerprint density at radius 3 is 2.86 bits per heavy atom. The highest BCUT2D eigenvalue weighted by Crippen LogP contribution is 2.27. The van der Waals surface area contributed by atoms with Crippen molar-refractivity contribution < 1.29 is 0 Å². The minimum absolute atomic E-state index is 0.607. The van der Waals surface area contributed by atoms with Crippen LogP contribution >= 0.6 is 0 Å². The van der Waals surface area contributed by atoms with Crippen molar-refractivity contribution in [1.29, 1.82) is 0 Å². The van der Waals surface area contributed by atoms with Crippen LogP contribution in [0, 0.1) is 0 Å². The standard InChI is InChI=1S/C20H25N9/c1-28-26-18(25-27-28)14-6-7-15-16-13-22-20(24-19(16)23-17(15)12-14)21-8-5-11-29-9-3-2-4-10-29/h6-7,12-13H,2-5,8-11H2,1H3,(H2,21,22,23,24). The summed E-state index contributed by atoms with van der Waals surface area (Å²) in [4.78, 5) is 16.6. The first-order valence-corrected chi connectivity index (χ1v) is 10.3. The summed E-state index contributed by atoms with van der Waals surface area (Å²) in [5.74, 6) is 1.27. The van der Waals surface area contributed by atoms with Crippen LogP contribution < -0.4 is 5.32 Å². The van der Waals surface area contributed by atoms with Crippen molar-refractivity contribution in [2.24, 2.45) is 7.05 Å². The number of piperidine rings is 1. The number of tetrazole rings is 1. The molecule has 1 fully saturated rings. The summed E-state index contributed by atoms with van der Waals surface area (Å²) in [6.07, 6.45) is 7.03. The molecule has 0 radical (unpaired) electrons. The van der Waals surface area contributed by atoms with E-state index in [4.69, 9.17) is 0 Å². The number of aromatic amines is 1. The topological polar surface area (TPSA) is 100 Å². The van der Waals surface area contributed by atoms with Crippen molar-refractivity contribution in [2.75, 3.05) is 31.5 Å². The monoisotopic (exact) mass is 391 g/mol. The molecular formula is C20H25N9. The van der Waals surface area contributed by atoms with Gasteiger partial charge in [-0.25, -0.2) is 4.98 Å². The Bertz CT molecular complexity index is 1120. The van der Waals surface area contributed by atoms with Crippen molar-refractivity contribution in [2.45, 2.75) is 25.7 Å². The third kappa shape index (κ3) is 3.77. The Balaban J connectivity index is 1.29. The van der Waals surface area contributed by atoms with Gasteiger partial charge in [-0.05, 0) is 50.2 Å². The first-order valence-electron chi connectivity index (χ1n) is 10.3. The molecule has 150 valence electrons. The number of aryl methyl sites for hydroxylation is 1. The lowest BCUT2D eigenvalue weighted by Crippen LogP contribution is -2.31. The van der Waals surface area contributed by atoms with Gasteiger partial charge in [-0.2, -0.15) is 9.78 Å². The number of nitrogens with zero attached hydrogens (tertiary/aromatic N) is 7. The summed E-state index contributed by atoms with van der Waals surface area (Å²) in [6, 6.07) is 6.08. The zero-order chi connectivity index (χ0) is 19.6. The van der Waals surface area contributed by atoms with Gasteiger partial charge in [-0.1, -0.05) is 18.6 Å². The zero-order valence-corrected chi connectivity index (χ0v) is 16.6. The molecule has 1 aliphatic heterocycles. The van der Waals surface area contributed by atoms with Crippen molar-refractivity contribution in [3.63, 3.8) is 0 Å². The van der Waals surface area contributed by atoms with Gasteiger partial charge in [0.25, 0.3) is 0 Å². The van der Waals surface area contributed by atoms with Crippen LogP contribution in [-0.2, 0) is 7.05 Å². The minimum atomic E-state index is 0.607. The van der Waals surface area contributed by atoms with Gasteiger partial charge in [0.15, 0.2) is 0 Å². The van der Waals surface area contributed by atoms with E-state index in [0.29, 0.717) is 11.8 Å². The number of rotatable bonds is 6. The van der Waals surface area contributed by atoms with Gasteiger partial charge in [-0.15, -0.1) is 10.2 Å². The van der Waals surface area contributed by atoms with Crippen LogP contribution in [-0.4, -0.2) is 66.2 Å². The van der Waals surface area contributed by atoms with Gasteiger partial charge in [-0.3, -0.25) is 0 Å². The molecule has 0 amide bonds. The molecule has 0 unspecified atom stereocenters. The number of likely N-dealkylation sites (tertiary alicyclic amines) is 1. The van der Waals surface area contributed by atoms with E-state index in [-0.39, 0.29) is 0 Å². The lowest BCUT2D eigenvalue weighted by Gasteiger charge is -2.26. The van der Waals surface area contributed by atoms with E-state index in [9.17, 15) is 0 Å². The molecule has 2 N–H and O–H groups in total. The van der Waals surface area contributed by atoms with Crippen molar-refractivity contribution in [3.8, 4) is 11.4 Å². The van der Waals surface area contributed by atoms with Gasteiger partial charge in [0, 0.05) is 34.6 Å². The maximum atomic E-state index is 4.66. The highest BCUT2D eigenvalue weighted by Gasteiger charge is 2.12. The molecule has 29 heavy (non-hydrogen) atoms. The molecule has 1 aliphatic rings. The minimum Gasteiger partial charge on any atom is -0.354 e. The largest absolute Gasteiger partial charge is 0.354 e. The summed E-state index contributed by atoms with van der Waals surface area (Å²) in [5, 5.41) is 17.7. The SMILES string of the molecule is Cn1nnc(-c2ccc3c(c2)[nH]c2nc(NCCCN4CCCCC4)ncc23)n1. The average Bonchev–Trinajstić information content (AvgIpc) is 3.34. The molecule has 0 saturated carbocycles. The molecule has 9 nitrogen and oxygen atoms in total. The van der Waals surface area contributed by atoms with Crippen molar-refractivity contribution in [3.05, 3.63) is 24.4 Å². The Labute approximate surface area is 168 Å². The van der Waals surface area contributed by atoms with Crippen LogP contribution in [0.2, 0.25) is 0 Å². The number of fused-ring (bicyclic) bond motifs is 3. The van der Waals surface area contributed by atoms with Crippen molar-refractivity contribution >= 4 is 27.9 Å². The fourth-order valence-electron chi connectivity index (χ4n) is 3.99. The number of nitrogens with one attached hydrogen (secondary N) is 2. The molecular weight excluding hydrogens is 366 g/mol. The van der Waals surface area contributed by atoms with Gasteiger partial charge in [0.05, 0.1) is 7.05 Å². The van der Waals surface area contributed by atoms with E-state index in [2.05, 4.69) is 46.6 Å². The first-order chi connectivity index (χ1) is 14.3. The average molecular weight is 391 g/mol. The van der Waals surface area contributed by atoms with E-state index in [1.54, 1.807) is 7.05 Å². The Hall–Kier alpha value is -3.07. The van der Waals surface area contributed by atoms with Gasteiger partial charge in [0.2, 0.25) is 11.8 Å². The van der Waals surface area contributed by atoms with E-state index in [1.807, 2.05) is 18.3 Å². The Morgan fingerprint density at radius 1 is 1.14 bits per heavy atom. The number of hydrogen-bond acceptors (Lipinski definition) is 7. The molecule has 9 heteroatoms. The van der Waals surface area contributed by atoms with Crippen molar-refractivity contribution in [1.82, 2.24) is 40.1 Å². The van der Waals surface area contributed by atoms with Crippen LogP contribution in [0.4, 0.5) is 5.95 Å². The molecule has 0 atom stereocenters. The second kappa shape index (κ2) is 7.75. The van der Waals surface area contributed by atoms with Crippen LogP contribution in [0.5, 0.6) is 0 Å². The van der Waals surface area contributed by atoms with Gasteiger partial charge >= 0.3 is 0 Å². The molecule has 3 aromatic heterocycles.